The van der Waals surface area contributed by atoms with Gasteiger partial charge in [-0.15, -0.1) is 0 Å². The van der Waals surface area contributed by atoms with Crippen molar-refractivity contribution in [3.8, 4) is 0 Å². The second-order valence-corrected chi connectivity index (χ2v) is 6.65. The third-order valence-corrected chi connectivity index (χ3v) is 5.20. The van der Waals surface area contributed by atoms with Crippen molar-refractivity contribution in [2.24, 2.45) is 11.5 Å². The van der Waals surface area contributed by atoms with E-state index in [2.05, 4.69) is 0 Å². The van der Waals surface area contributed by atoms with Crippen LogP contribution < -0.4 is 11.5 Å². The van der Waals surface area contributed by atoms with Crippen molar-refractivity contribution in [3.05, 3.63) is 0 Å². The van der Waals surface area contributed by atoms with Gasteiger partial charge >= 0.3 is 11.9 Å². The van der Waals surface area contributed by atoms with E-state index in [1.165, 1.54) is 0 Å². The molecule has 114 valence electrons. The summed E-state index contributed by atoms with van der Waals surface area (Å²) in [5, 5.41) is 17.8. The predicted octanol–water partition coefficient (Wildman–Crippen LogP) is -0.890. The smallest absolute Gasteiger partial charge is 0.332 e. The number of hydrogen-bond acceptors (Lipinski definition) is 8. The molecule has 6 N–H and O–H groups in total. The Morgan fingerprint density at radius 3 is 1.25 bits per heavy atom. The number of carbonyl (C=O) groups is 4. The summed E-state index contributed by atoms with van der Waals surface area (Å²) < 4.78 is 0. The van der Waals surface area contributed by atoms with E-state index in [1.54, 1.807) is 0 Å². The minimum absolute atomic E-state index is 0.268. The molecule has 20 heavy (non-hydrogen) atoms. The summed E-state index contributed by atoms with van der Waals surface area (Å²) in [4.78, 5) is 44.3. The molecule has 0 spiro atoms. The van der Waals surface area contributed by atoms with Crippen molar-refractivity contribution in [2.45, 2.75) is 24.9 Å². The van der Waals surface area contributed by atoms with Crippen molar-refractivity contribution < 1.29 is 29.4 Å². The number of nitrogens with two attached hydrogens (primary N) is 2. The Morgan fingerprint density at radius 2 is 1.10 bits per heavy atom. The van der Waals surface area contributed by atoms with Crippen LogP contribution in [0, 0.1) is 0 Å². The van der Waals surface area contributed by atoms with Gasteiger partial charge in [0, 0.05) is 11.5 Å². The van der Waals surface area contributed by atoms with Crippen molar-refractivity contribution in [2.75, 3.05) is 11.5 Å². The van der Waals surface area contributed by atoms with Crippen LogP contribution in [0.2, 0.25) is 0 Å². The fourth-order valence-corrected chi connectivity index (χ4v) is 3.70. The van der Waals surface area contributed by atoms with Gasteiger partial charge in [0.2, 0.25) is 0 Å². The Labute approximate surface area is 123 Å². The fraction of sp³-hybridized carbons (Fsp3) is 0.600. The lowest BCUT2D eigenvalue weighted by atomic mass is 9.99. The first-order valence-corrected chi connectivity index (χ1v) is 7.78. The molecule has 10 heteroatoms. The highest BCUT2D eigenvalue weighted by molar-refractivity contribution is 8.76. The minimum Gasteiger partial charge on any atom is -0.480 e. The van der Waals surface area contributed by atoms with Crippen LogP contribution in [0.15, 0.2) is 0 Å². The van der Waals surface area contributed by atoms with Gasteiger partial charge in [-0.05, 0) is 13.8 Å². The van der Waals surface area contributed by atoms with Gasteiger partial charge < -0.3 is 21.7 Å². The largest absolute Gasteiger partial charge is 0.480 e. The van der Waals surface area contributed by atoms with E-state index in [9.17, 15) is 19.2 Å². The summed E-state index contributed by atoms with van der Waals surface area (Å²) in [7, 11) is 1.75. The molecule has 0 unspecified atom stereocenters. The third kappa shape index (κ3) is 4.20. The molecule has 0 aliphatic carbocycles. The molecule has 2 atom stereocenters. The number of aliphatic carboxylic acids is 2. The van der Waals surface area contributed by atoms with E-state index >= 15 is 0 Å². The molecule has 0 radical (unpaired) electrons. The van der Waals surface area contributed by atoms with Crippen LogP contribution in [0.1, 0.15) is 13.8 Å². The first-order valence-electron chi connectivity index (χ1n) is 5.29. The number of carboxylic acids is 2. The molecule has 8 nitrogen and oxygen atoms in total. The van der Waals surface area contributed by atoms with Gasteiger partial charge in [0.25, 0.3) is 0 Å². The van der Waals surface area contributed by atoms with Gasteiger partial charge in [0.05, 0.1) is 0 Å². The molecule has 0 aromatic heterocycles. The molecule has 0 saturated carbocycles. The summed E-state index contributed by atoms with van der Waals surface area (Å²) in [5.74, 6) is -4.92. The van der Waals surface area contributed by atoms with Crippen molar-refractivity contribution in [3.63, 3.8) is 0 Å². The second kappa shape index (κ2) is 7.07. The van der Waals surface area contributed by atoms with Crippen LogP contribution in [0.5, 0.6) is 0 Å². The molecule has 0 aliphatic heterocycles. The van der Waals surface area contributed by atoms with Gasteiger partial charge in [-0.2, -0.15) is 0 Å². The van der Waals surface area contributed by atoms with Crippen LogP contribution in [0.4, 0.5) is 0 Å². The second-order valence-electron chi connectivity index (χ2n) is 4.19. The predicted molar refractivity (Wildman–Crippen MR) is 75.4 cm³/mol. The Hall–Kier alpha value is -1.10. The summed E-state index contributed by atoms with van der Waals surface area (Å²) in [6.07, 6.45) is 0. The zero-order valence-electron chi connectivity index (χ0n) is 10.9. The minimum atomic E-state index is -2.05. The molecular weight excluding hydrogens is 308 g/mol. The maximum absolute atomic E-state index is 11.2. The third-order valence-electron chi connectivity index (χ3n) is 2.68. The highest BCUT2D eigenvalue weighted by Crippen LogP contribution is 2.28. The van der Waals surface area contributed by atoms with E-state index in [-0.39, 0.29) is 11.5 Å². The lowest BCUT2D eigenvalue weighted by molar-refractivity contribution is -0.148. The van der Waals surface area contributed by atoms with Crippen molar-refractivity contribution >= 4 is 45.1 Å². The molecule has 0 fully saturated rings. The summed E-state index contributed by atoms with van der Waals surface area (Å²) >= 11 is 0. The Morgan fingerprint density at radius 1 is 0.850 bits per heavy atom. The highest BCUT2D eigenvalue weighted by atomic mass is 33.1. The lowest BCUT2D eigenvalue weighted by Gasteiger charge is -2.23. The molecule has 0 heterocycles. The summed E-state index contributed by atoms with van der Waals surface area (Å²) in [6.45, 7) is 2.11. The average Bonchev–Trinajstić information content (AvgIpc) is 2.32. The number of carboxylic acid groups (broad SMARTS) is 2. The summed E-state index contributed by atoms with van der Waals surface area (Å²) in [5.41, 5.74) is 6.82. The monoisotopic (exact) mass is 324 g/mol. The molecule has 0 bridgehead atoms. The topological polar surface area (TPSA) is 161 Å². The molecule has 0 amide bonds. The lowest BCUT2D eigenvalue weighted by Crippen LogP contribution is -2.57. The van der Waals surface area contributed by atoms with Crippen molar-refractivity contribution in [1.82, 2.24) is 0 Å². The van der Waals surface area contributed by atoms with Crippen LogP contribution in [0.25, 0.3) is 0 Å². The normalized spacial score (nSPS) is 16.8. The van der Waals surface area contributed by atoms with E-state index < -0.39 is 34.6 Å². The molecule has 0 aromatic carbocycles. The molecule has 0 aliphatic rings. The fourth-order valence-electron chi connectivity index (χ4n) is 0.897. The Bertz CT molecular complexity index is 371. The SMILES string of the molecule is CC(=O)[C@](N)(CSSC[C@@](N)(C(C)=O)C(=O)O)C(=O)O. The van der Waals surface area contributed by atoms with Gasteiger partial charge in [-0.3, -0.25) is 9.59 Å². The average molecular weight is 324 g/mol. The van der Waals surface area contributed by atoms with Crippen LogP contribution in [0.3, 0.4) is 0 Å². The number of rotatable bonds is 9. The molecule has 0 saturated heterocycles. The van der Waals surface area contributed by atoms with E-state index in [0.717, 1.165) is 35.4 Å². The van der Waals surface area contributed by atoms with E-state index in [4.69, 9.17) is 21.7 Å². The number of carbonyl (C=O) groups excluding carboxylic acids is 2. The first-order chi connectivity index (χ1) is 8.98. The molecule has 0 aromatic rings. The van der Waals surface area contributed by atoms with Gasteiger partial charge in [0.15, 0.2) is 22.6 Å². The van der Waals surface area contributed by atoms with E-state index in [0.29, 0.717) is 0 Å². The van der Waals surface area contributed by atoms with Crippen LogP contribution in [-0.2, 0) is 19.2 Å². The van der Waals surface area contributed by atoms with Gasteiger partial charge in [-0.25, -0.2) is 9.59 Å². The maximum atomic E-state index is 11.2. The van der Waals surface area contributed by atoms with Crippen LogP contribution >= 0.6 is 21.6 Å². The zero-order chi connectivity index (χ0) is 16.1. The zero-order valence-corrected chi connectivity index (χ0v) is 12.5. The standard InChI is InChI=1S/C10H16N2O6S2/c1-5(13)9(11,7(15)16)3-19-20-4-10(12,6(2)14)8(17)18/h3-4,11-12H2,1-2H3,(H,15,16)(H,17,18)/t9-,10-/m1/s1. The van der Waals surface area contributed by atoms with Gasteiger partial charge in [0.1, 0.15) is 0 Å². The van der Waals surface area contributed by atoms with Gasteiger partial charge in [-0.1, -0.05) is 21.6 Å². The number of ketones is 2. The quantitative estimate of drug-likeness (QED) is 0.238. The number of hydrogen-bond donors (Lipinski definition) is 4. The maximum Gasteiger partial charge on any atom is 0.332 e. The molecular formula is C10H16N2O6S2. The van der Waals surface area contributed by atoms with E-state index in [1.807, 2.05) is 0 Å². The van der Waals surface area contributed by atoms with Crippen LogP contribution in [-0.4, -0.2) is 56.3 Å². The first kappa shape index (κ1) is 18.9. The molecule has 0 rings (SSSR count). The van der Waals surface area contributed by atoms with Crippen molar-refractivity contribution in [1.29, 1.82) is 0 Å². The summed E-state index contributed by atoms with van der Waals surface area (Å²) in [6, 6.07) is 0. The number of Topliss-reactive ketones (excluding diaryl/α,β-unsaturated/α-hetero) is 2. The Balaban J connectivity index is 4.60. The highest BCUT2D eigenvalue weighted by Gasteiger charge is 2.41. The Kier molecular flexibility index (Phi) is 6.68.